The van der Waals surface area contributed by atoms with Crippen molar-refractivity contribution in [2.24, 2.45) is 0 Å². The molecule has 2 aromatic heterocycles. The summed E-state index contributed by atoms with van der Waals surface area (Å²) in [7, 11) is 3.95. The Hall–Kier alpha value is -2.44. The Morgan fingerprint density at radius 2 is 1.96 bits per heavy atom. The summed E-state index contributed by atoms with van der Waals surface area (Å²) in [5.41, 5.74) is 1.08. The van der Waals surface area contributed by atoms with E-state index in [1.54, 1.807) is 6.33 Å². The summed E-state index contributed by atoms with van der Waals surface area (Å²) in [5, 5.41) is 3.51. The third kappa shape index (κ3) is 3.85. The molecule has 0 saturated carbocycles. The van der Waals surface area contributed by atoms with E-state index in [1.165, 1.54) is 0 Å². The van der Waals surface area contributed by atoms with E-state index in [4.69, 9.17) is 0 Å². The molecule has 3 heterocycles. The molecule has 0 bridgehead atoms. The van der Waals surface area contributed by atoms with Crippen LogP contribution < -0.4 is 15.1 Å². The highest BCUT2D eigenvalue weighted by molar-refractivity contribution is 5.48. The Labute approximate surface area is 136 Å². The first-order valence-electron chi connectivity index (χ1n) is 7.91. The van der Waals surface area contributed by atoms with Gasteiger partial charge in [0.2, 0.25) is 5.95 Å². The largest absolute Gasteiger partial charge is 0.365 e. The molecule has 1 aliphatic rings. The predicted octanol–water partition coefficient (Wildman–Crippen LogP) is 1.72. The monoisotopic (exact) mass is 313 g/mol. The zero-order valence-electron chi connectivity index (χ0n) is 13.9. The fourth-order valence-electron chi connectivity index (χ4n) is 2.71. The Kier molecular flexibility index (Phi) is 4.55. The number of aryl methyl sites for hydroxylation is 1. The Morgan fingerprint density at radius 1 is 1.17 bits per heavy atom. The fraction of sp³-hybridized carbons (Fsp3) is 0.500. The van der Waals surface area contributed by atoms with E-state index in [9.17, 15) is 0 Å². The van der Waals surface area contributed by atoms with Crippen molar-refractivity contribution in [3.05, 3.63) is 30.4 Å². The highest BCUT2D eigenvalue weighted by Crippen LogP contribution is 2.19. The van der Waals surface area contributed by atoms with Gasteiger partial charge in [-0.2, -0.15) is 0 Å². The van der Waals surface area contributed by atoms with Gasteiger partial charge >= 0.3 is 0 Å². The third-order valence-corrected chi connectivity index (χ3v) is 3.93. The molecule has 7 heteroatoms. The summed E-state index contributed by atoms with van der Waals surface area (Å²) in [5.74, 6) is 2.57. The highest BCUT2D eigenvalue weighted by atomic mass is 15.3. The van der Waals surface area contributed by atoms with Gasteiger partial charge in [0, 0.05) is 51.7 Å². The molecule has 1 atom stereocenters. The predicted molar refractivity (Wildman–Crippen MR) is 92.0 cm³/mol. The second-order valence-corrected chi connectivity index (χ2v) is 6.15. The molecule has 7 nitrogen and oxygen atoms in total. The average molecular weight is 313 g/mol. The topological polar surface area (TPSA) is 70.1 Å². The quantitative estimate of drug-likeness (QED) is 0.921. The van der Waals surface area contributed by atoms with Crippen LogP contribution in [0.5, 0.6) is 0 Å². The van der Waals surface area contributed by atoms with Gasteiger partial charge in [0.05, 0.1) is 0 Å². The lowest BCUT2D eigenvalue weighted by Crippen LogP contribution is -2.43. The van der Waals surface area contributed by atoms with Crippen molar-refractivity contribution in [3.8, 4) is 0 Å². The van der Waals surface area contributed by atoms with Crippen LogP contribution in [0.4, 0.5) is 17.6 Å². The van der Waals surface area contributed by atoms with Gasteiger partial charge in [0.15, 0.2) is 0 Å². The van der Waals surface area contributed by atoms with Gasteiger partial charge < -0.3 is 15.1 Å². The van der Waals surface area contributed by atoms with E-state index >= 15 is 0 Å². The molecular weight excluding hydrogens is 290 g/mol. The molecule has 1 N–H and O–H groups in total. The Balaban J connectivity index is 1.67. The van der Waals surface area contributed by atoms with E-state index in [0.717, 1.165) is 49.1 Å². The van der Waals surface area contributed by atoms with Crippen molar-refractivity contribution in [2.45, 2.75) is 25.8 Å². The minimum atomic E-state index is 0.332. The smallest absolute Gasteiger partial charge is 0.225 e. The normalized spacial score (nSPS) is 17.9. The Morgan fingerprint density at radius 3 is 2.70 bits per heavy atom. The highest BCUT2D eigenvalue weighted by Gasteiger charge is 2.22. The lowest BCUT2D eigenvalue weighted by molar-refractivity contribution is 0.521. The molecule has 0 aliphatic carbocycles. The molecule has 0 radical (unpaired) electrons. The van der Waals surface area contributed by atoms with Crippen LogP contribution in [0.25, 0.3) is 0 Å². The number of aromatic nitrogens is 4. The van der Waals surface area contributed by atoms with Crippen molar-refractivity contribution in [1.29, 1.82) is 0 Å². The maximum Gasteiger partial charge on any atom is 0.225 e. The molecule has 0 amide bonds. The first-order valence-corrected chi connectivity index (χ1v) is 7.91. The van der Waals surface area contributed by atoms with Gasteiger partial charge in [-0.1, -0.05) is 0 Å². The van der Waals surface area contributed by atoms with Gasteiger partial charge in [-0.15, -0.1) is 0 Å². The maximum absolute atomic E-state index is 4.44. The van der Waals surface area contributed by atoms with Crippen molar-refractivity contribution < 1.29 is 0 Å². The van der Waals surface area contributed by atoms with Gasteiger partial charge in [-0.3, -0.25) is 0 Å². The molecule has 0 aromatic carbocycles. The minimum absolute atomic E-state index is 0.332. The van der Waals surface area contributed by atoms with Gasteiger partial charge in [-0.25, -0.2) is 19.9 Å². The number of nitrogens with one attached hydrogen (secondary N) is 1. The van der Waals surface area contributed by atoms with Crippen LogP contribution in [0.2, 0.25) is 0 Å². The second kappa shape index (κ2) is 6.76. The van der Waals surface area contributed by atoms with E-state index < -0.39 is 0 Å². The van der Waals surface area contributed by atoms with Crippen LogP contribution in [-0.4, -0.2) is 53.2 Å². The number of hydrogen-bond donors (Lipinski definition) is 1. The SMILES string of the molecule is Cc1cnc(N2CCCC(Nc3cc(N(C)C)ncn3)C2)nc1. The fourth-order valence-corrected chi connectivity index (χ4v) is 2.71. The Bertz CT molecular complexity index is 641. The van der Waals surface area contributed by atoms with Crippen molar-refractivity contribution in [2.75, 3.05) is 42.3 Å². The molecule has 3 rings (SSSR count). The summed E-state index contributed by atoms with van der Waals surface area (Å²) >= 11 is 0. The number of rotatable bonds is 4. The molecule has 1 aliphatic heterocycles. The van der Waals surface area contributed by atoms with E-state index in [1.807, 2.05) is 44.4 Å². The molecule has 0 spiro atoms. The van der Waals surface area contributed by atoms with Crippen LogP contribution in [-0.2, 0) is 0 Å². The number of nitrogens with zero attached hydrogens (tertiary/aromatic N) is 6. The average Bonchev–Trinajstić information content (AvgIpc) is 2.56. The first-order chi connectivity index (χ1) is 11.1. The van der Waals surface area contributed by atoms with Crippen molar-refractivity contribution in [1.82, 2.24) is 19.9 Å². The van der Waals surface area contributed by atoms with E-state index in [2.05, 4.69) is 30.2 Å². The molecule has 1 saturated heterocycles. The molecule has 1 unspecified atom stereocenters. The molecule has 2 aromatic rings. The van der Waals surface area contributed by atoms with E-state index in [0.29, 0.717) is 6.04 Å². The summed E-state index contributed by atoms with van der Waals surface area (Å²) in [6.45, 7) is 3.88. The first kappa shape index (κ1) is 15.5. The van der Waals surface area contributed by atoms with Crippen LogP contribution in [0.3, 0.4) is 0 Å². The minimum Gasteiger partial charge on any atom is -0.365 e. The van der Waals surface area contributed by atoms with Gasteiger partial charge in [-0.05, 0) is 25.3 Å². The van der Waals surface area contributed by atoms with Crippen molar-refractivity contribution >= 4 is 17.6 Å². The summed E-state index contributed by atoms with van der Waals surface area (Å²) in [6, 6.07) is 2.31. The van der Waals surface area contributed by atoms with Crippen LogP contribution >= 0.6 is 0 Å². The number of hydrogen-bond acceptors (Lipinski definition) is 7. The number of anilines is 3. The van der Waals surface area contributed by atoms with Gasteiger partial charge in [0.25, 0.3) is 0 Å². The van der Waals surface area contributed by atoms with Gasteiger partial charge in [0.1, 0.15) is 18.0 Å². The third-order valence-electron chi connectivity index (χ3n) is 3.93. The second-order valence-electron chi connectivity index (χ2n) is 6.15. The van der Waals surface area contributed by atoms with Crippen molar-refractivity contribution in [3.63, 3.8) is 0 Å². The maximum atomic E-state index is 4.44. The lowest BCUT2D eigenvalue weighted by Gasteiger charge is -2.33. The van der Waals surface area contributed by atoms with Crippen LogP contribution in [0.15, 0.2) is 24.8 Å². The summed E-state index contributed by atoms with van der Waals surface area (Å²) in [6.07, 6.45) is 7.56. The van der Waals surface area contributed by atoms with E-state index in [-0.39, 0.29) is 0 Å². The zero-order valence-corrected chi connectivity index (χ0v) is 13.9. The molecule has 1 fully saturated rings. The summed E-state index contributed by atoms with van der Waals surface area (Å²) < 4.78 is 0. The molecule has 122 valence electrons. The van der Waals surface area contributed by atoms with Crippen LogP contribution in [0, 0.1) is 6.92 Å². The number of piperidine rings is 1. The lowest BCUT2D eigenvalue weighted by atomic mass is 10.1. The molecular formula is C16H23N7. The standard InChI is InChI=1S/C16H23N7/c1-12-8-17-16(18-9-12)23-6-4-5-13(10-23)21-14-7-15(22(2)3)20-11-19-14/h7-9,11,13H,4-6,10H2,1-3H3,(H,19,20,21). The summed E-state index contributed by atoms with van der Waals surface area (Å²) in [4.78, 5) is 21.6. The zero-order chi connectivity index (χ0) is 16.2. The molecule has 23 heavy (non-hydrogen) atoms. The van der Waals surface area contributed by atoms with Crippen LogP contribution in [0.1, 0.15) is 18.4 Å².